The van der Waals surface area contributed by atoms with Gasteiger partial charge in [0.05, 0.1) is 11.0 Å². The van der Waals surface area contributed by atoms with Crippen molar-refractivity contribution in [3.63, 3.8) is 0 Å². The van der Waals surface area contributed by atoms with Gasteiger partial charge in [-0.1, -0.05) is 0 Å². The summed E-state index contributed by atoms with van der Waals surface area (Å²) in [5.74, 6) is -0.652. The number of nitro groups is 1. The van der Waals surface area contributed by atoms with Crippen LogP contribution in [0.4, 0.5) is 15.8 Å². The second kappa shape index (κ2) is 5.91. The van der Waals surface area contributed by atoms with Gasteiger partial charge in [0.2, 0.25) is 0 Å². The van der Waals surface area contributed by atoms with Crippen LogP contribution in [0.1, 0.15) is 10.4 Å². The molecule has 0 fully saturated rings. The topological polar surface area (TPSA) is 90.7 Å². The van der Waals surface area contributed by atoms with Crippen molar-refractivity contribution in [3.8, 4) is 11.5 Å². The molecule has 0 saturated carbocycles. The Hall–Kier alpha value is -3.16. The maximum absolute atomic E-state index is 12.9. The first-order valence-electron chi connectivity index (χ1n) is 6.69. The first-order valence-corrected chi connectivity index (χ1v) is 6.69. The minimum Gasteiger partial charge on any atom is -0.486 e. The molecule has 0 aromatic heterocycles. The van der Waals surface area contributed by atoms with E-state index in [1.807, 2.05) is 0 Å². The number of hydrogen-bond donors (Lipinski definition) is 1. The number of hydrogen-bond acceptors (Lipinski definition) is 5. The largest absolute Gasteiger partial charge is 0.486 e. The van der Waals surface area contributed by atoms with Gasteiger partial charge in [-0.2, -0.15) is 0 Å². The van der Waals surface area contributed by atoms with E-state index >= 15 is 0 Å². The van der Waals surface area contributed by atoms with Crippen molar-refractivity contribution in [1.29, 1.82) is 0 Å². The van der Waals surface area contributed by atoms with Crippen LogP contribution in [-0.2, 0) is 0 Å². The van der Waals surface area contributed by atoms with Gasteiger partial charge in [0.25, 0.3) is 11.6 Å². The fraction of sp³-hybridized carbons (Fsp3) is 0.133. The fourth-order valence-electron chi connectivity index (χ4n) is 2.14. The number of rotatable bonds is 3. The molecule has 7 nitrogen and oxygen atoms in total. The fourth-order valence-corrected chi connectivity index (χ4v) is 2.14. The molecule has 0 bridgehead atoms. The second-order valence-electron chi connectivity index (χ2n) is 4.73. The summed E-state index contributed by atoms with van der Waals surface area (Å²) >= 11 is 0. The summed E-state index contributed by atoms with van der Waals surface area (Å²) in [4.78, 5) is 22.8. The molecule has 2 aromatic carbocycles. The van der Waals surface area contributed by atoms with Gasteiger partial charge in [-0.3, -0.25) is 14.9 Å². The van der Waals surface area contributed by atoms with E-state index in [1.54, 1.807) is 0 Å². The number of anilines is 1. The van der Waals surface area contributed by atoms with Crippen LogP contribution < -0.4 is 14.8 Å². The monoisotopic (exact) mass is 318 g/mol. The summed E-state index contributed by atoms with van der Waals surface area (Å²) in [6.45, 7) is 0.578. The minimum absolute atomic E-state index is 0.163. The molecule has 2 aromatic rings. The summed E-state index contributed by atoms with van der Waals surface area (Å²) in [7, 11) is 0. The van der Waals surface area contributed by atoms with E-state index in [2.05, 4.69) is 5.32 Å². The highest BCUT2D eigenvalue weighted by Gasteiger charge is 2.26. The Morgan fingerprint density at radius 3 is 2.35 bits per heavy atom. The van der Waals surface area contributed by atoms with Gasteiger partial charge >= 0.3 is 0 Å². The van der Waals surface area contributed by atoms with Gasteiger partial charge in [0, 0.05) is 11.8 Å². The molecule has 1 amide bonds. The van der Waals surface area contributed by atoms with Crippen LogP contribution in [0.5, 0.6) is 11.5 Å². The molecule has 0 unspecified atom stereocenters. The number of nitrogens with one attached hydrogen (secondary N) is 1. The predicted molar refractivity (Wildman–Crippen MR) is 78.4 cm³/mol. The average molecular weight is 318 g/mol. The lowest BCUT2D eigenvalue weighted by molar-refractivity contribution is -0.385. The summed E-state index contributed by atoms with van der Waals surface area (Å²) in [6, 6.07) is 7.50. The van der Waals surface area contributed by atoms with E-state index in [0.717, 1.165) is 6.07 Å². The van der Waals surface area contributed by atoms with Gasteiger partial charge in [-0.05, 0) is 24.3 Å². The van der Waals surface area contributed by atoms with Crippen molar-refractivity contribution in [3.05, 3.63) is 57.9 Å². The summed E-state index contributed by atoms with van der Waals surface area (Å²) in [6.07, 6.45) is 0. The molecule has 0 aliphatic carbocycles. The highest BCUT2D eigenvalue weighted by Crippen LogP contribution is 2.36. The van der Waals surface area contributed by atoms with Crippen molar-refractivity contribution in [1.82, 2.24) is 0 Å². The Morgan fingerprint density at radius 2 is 1.74 bits per heavy atom. The van der Waals surface area contributed by atoms with E-state index < -0.39 is 22.3 Å². The number of amides is 1. The van der Waals surface area contributed by atoms with E-state index in [0.29, 0.717) is 12.3 Å². The number of ether oxygens (including phenoxy) is 2. The third-order valence-corrected chi connectivity index (χ3v) is 3.20. The molecular formula is C15H11FN2O5. The molecule has 0 radical (unpaired) electrons. The van der Waals surface area contributed by atoms with Crippen LogP contribution in [0.2, 0.25) is 0 Å². The van der Waals surface area contributed by atoms with E-state index in [4.69, 9.17) is 9.47 Å². The van der Waals surface area contributed by atoms with E-state index in [-0.39, 0.29) is 23.7 Å². The molecule has 0 atom stereocenters. The SMILES string of the molecule is O=C(Nc1ccc(F)cc1)c1cc2c(cc1[N+](=O)[O-])OCCO2. The molecule has 1 aliphatic rings. The van der Waals surface area contributed by atoms with Gasteiger partial charge in [0.15, 0.2) is 11.5 Å². The van der Waals surface area contributed by atoms with Crippen molar-refractivity contribution in [2.45, 2.75) is 0 Å². The molecule has 0 saturated heterocycles. The number of carbonyl (C=O) groups is 1. The molecule has 23 heavy (non-hydrogen) atoms. The molecule has 1 aliphatic heterocycles. The third kappa shape index (κ3) is 3.05. The molecule has 3 rings (SSSR count). The van der Waals surface area contributed by atoms with Crippen LogP contribution in [0.15, 0.2) is 36.4 Å². The highest BCUT2D eigenvalue weighted by atomic mass is 19.1. The molecule has 0 spiro atoms. The van der Waals surface area contributed by atoms with Crippen LogP contribution in [0.25, 0.3) is 0 Å². The van der Waals surface area contributed by atoms with Gasteiger partial charge < -0.3 is 14.8 Å². The lowest BCUT2D eigenvalue weighted by Crippen LogP contribution is -2.18. The molecule has 8 heteroatoms. The van der Waals surface area contributed by atoms with E-state index in [1.165, 1.54) is 30.3 Å². The zero-order valence-electron chi connectivity index (χ0n) is 11.7. The first kappa shape index (κ1) is 14.8. The zero-order valence-corrected chi connectivity index (χ0v) is 11.7. The van der Waals surface area contributed by atoms with Crippen molar-refractivity contribution in [2.24, 2.45) is 0 Å². The smallest absolute Gasteiger partial charge is 0.286 e. The Balaban J connectivity index is 1.95. The number of nitrogens with zero attached hydrogens (tertiary/aromatic N) is 1. The third-order valence-electron chi connectivity index (χ3n) is 3.20. The summed E-state index contributed by atoms with van der Waals surface area (Å²) in [5, 5.41) is 13.7. The van der Waals surface area contributed by atoms with Crippen LogP contribution in [0, 0.1) is 15.9 Å². The average Bonchev–Trinajstić information content (AvgIpc) is 2.55. The van der Waals surface area contributed by atoms with Crippen LogP contribution >= 0.6 is 0 Å². The maximum Gasteiger partial charge on any atom is 0.286 e. The Bertz CT molecular complexity index is 776. The number of fused-ring (bicyclic) bond motifs is 1. The summed E-state index contributed by atoms with van der Waals surface area (Å²) in [5.41, 5.74) is -0.238. The minimum atomic E-state index is -0.694. The van der Waals surface area contributed by atoms with Crippen LogP contribution in [-0.4, -0.2) is 24.0 Å². The lowest BCUT2D eigenvalue weighted by atomic mass is 10.1. The van der Waals surface area contributed by atoms with Crippen LogP contribution in [0.3, 0.4) is 0 Å². The van der Waals surface area contributed by atoms with Crippen molar-refractivity contribution >= 4 is 17.3 Å². The Morgan fingerprint density at radius 1 is 1.13 bits per heavy atom. The number of nitro benzene ring substituents is 1. The normalized spacial score (nSPS) is 12.6. The Kier molecular flexibility index (Phi) is 3.80. The predicted octanol–water partition coefficient (Wildman–Crippen LogP) is 2.76. The highest BCUT2D eigenvalue weighted by molar-refractivity contribution is 6.07. The van der Waals surface area contributed by atoms with Crippen molar-refractivity contribution < 1.29 is 23.6 Å². The van der Waals surface area contributed by atoms with Gasteiger partial charge in [-0.25, -0.2) is 4.39 Å². The zero-order chi connectivity index (χ0) is 16.4. The van der Waals surface area contributed by atoms with Gasteiger partial charge in [-0.15, -0.1) is 0 Å². The second-order valence-corrected chi connectivity index (χ2v) is 4.73. The summed E-state index contributed by atoms with van der Waals surface area (Å²) < 4.78 is 23.5. The molecule has 118 valence electrons. The molecule has 1 N–H and O–H groups in total. The number of carbonyl (C=O) groups excluding carboxylic acids is 1. The van der Waals surface area contributed by atoms with Crippen molar-refractivity contribution in [2.75, 3.05) is 18.5 Å². The lowest BCUT2D eigenvalue weighted by Gasteiger charge is -2.18. The quantitative estimate of drug-likeness (QED) is 0.694. The number of benzene rings is 2. The Labute approximate surface area is 129 Å². The van der Waals surface area contributed by atoms with Gasteiger partial charge in [0.1, 0.15) is 24.6 Å². The number of halogens is 1. The molecule has 1 heterocycles. The van der Waals surface area contributed by atoms with E-state index in [9.17, 15) is 19.3 Å². The molecular weight excluding hydrogens is 307 g/mol. The standard InChI is InChI=1S/C15H11FN2O5/c16-9-1-3-10(4-2-9)17-15(19)11-7-13-14(23-6-5-22-13)8-12(11)18(20)21/h1-4,7-8H,5-6H2,(H,17,19). The maximum atomic E-state index is 12.9. The first-order chi connectivity index (χ1) is 11.0.